The molecule has 0 radical (unpaired) electrons. The lowest BCUT2D eigenvalue weighted by molar-refractivity contribution is 0.777. The molecule has 2 unspecified atom stereocenters. The summed E-state index contributed by atoms with van der Waals surface area (Å²) in [4.78, 5) is 0. The molecule has 0 fully saturated rings. The first kappa shape index (κ1) is 10.5. The molecule has 0 aromatic heterocycles. The van der Waals surface area contributed by atoms with Crippen molar-refractivity contribution in [2.45, 2.75) is 24.1 Å². The van der Waals surface area contributed by atoms with Gasteiger partial charge in [0, 0.05) is 17.3 Å². The molecule has 2 aliphatic carbocycles. The summed E-state index contributed by atoms with van der Waals surface area (Å²) in [5.74, 6) is 0.492. The average molecular weight is 256 g/mol. The Morgan fingerprint density at radius 3 is 3.06 bits per heavy atom. The van der Waals surface area contributed by atoms with E-state index in [1.165, 1.54) is 28.1 Å². The van der Waals surface area contributed by atoms with E-state index in [9.17, 15) is 0 Å². The number of nitrogens with one attached hydrogen (secondary N) is 1. The van der Waals surface area contributed by atoms with Gasteiger partial charge in [0.1, 0.15) is 0 Å². The first-order chi connectivity index (χ1) is 8.83. The molecule has 1 aromatic rings. The smallest absolute Gasteiger partial charge is 0.0623 e. The van der Waals surface area contributed by atoms with Crippen LogP contribution >= 0.6 is 11.6 Å². The van der Waals surface area contributed by atoms with Crippen LogP contribution in [0.4, 0.5) is 5.69 Å². The van der Waals surface area contributed by atoms with Gasteiger partial charge in [0.15, 0.2) is 0 Å². The zero-order chi connectivity index (χ0) is 12.1. The molecule has 1 heterocycles. The number of anilines is 1. The largest absolute Gasteiger partial charge is 0.358 e. The van der Waals surface area contributed by atoms with Gasteiger partial charge >= 0.3 is 0 Å². The second kappa shape index (κ2) is 3.76. The molecule has 0 amide bonds. The van der Waals surface area contributed by atoms with E-state index in [1.54, 1.807) is 0 Å². The number of hydrogen-bond donors (Lipinski definition) is 1. The minimum absolute atomic E-state index is 0.143. The topological polar surface area (TPSA) is 12.0 Å². The number of rotatable bonds is 0. The molecule has 0 saturated heterocycles. The molecule has 1 nitrogen and oxygen atoms in total. The zero-order valence-corrected chi connectivity index (χ0v) is 10.7. The molecule has 3 aliphatic rings. The molecule has 0 bridgehead atoms. The van der Waals surface area contributed by atoms with Crippen LogP contribution in [-0.4, -0.2) is 5.38 Å². The van der Waals surface area contributed by atoms with E-state index in [4.69, 9.17) is 11.6 Å². The van der Waals surface area contributed by atoms with E-state index in [2.05, 4.69) is 47.8 Å². The summed E-state index contributed by atoms with van der Waals surface area (Å²) >= 11 is 6.41. The van der Waals surface area contributed by atoms with Gasteiger partial charge in [-0.05, 0) is 41.7 Å². The van der Waals surface area contributed by atoms with Gasteiger partial charge in [0.2, 0.25) is 0 Å². The molecule has 1 aliphatic heterocycles. The van der Waals surface area contributed by atoms with Crippen molar-refractivity contribution in [3.63, 3.8) is 0 Å². The first-order valence-electron chi connectivity index (χ1n) is 6.44. The van der Waals surface area contributed by atoms with Crippen LogP contribution in [0.1, 0.15) is 24.3 Å². The Bertz CT molecular complexity index is 609. The van der Waals surface area contributed by atoms with E-state index < -0.39 is 0 Å². The van der Waals surface area contributed by atoms with E-state index in [1.807, 2.05) is 0 Å². The number of benzene rings is 1. The van der Waals surface area contributed by atoms with Gasteiger partial charge in [-0.1, -0.05) is 30.4 Å². The highest BCUT2D eigenvalue weighted by atomic mass is 35.5. The third-order valence-corrected chi connectivity index (χ3v) is 4.51. The Morgan fingerprint density at radius 1 is 1.22 bits per heavy atom. The van der Waals surface area contributed by atoms with Crippen molar-refractivity contribution in [2.24, 2.45) is 0 Å². The van der Waals surface area contributed by atoms with Crippen LogP contribution in [0.3, 0.4) is 0 Å². The quantitative estimate of drug-likeness (QED) is 0.680. The maximum absolute atomic E-state index is 6.41. The highest BCUT2D eigenvalue weighted by molar-refractivity contribution is 6.23. The van der Waals surface area contributed by atoms with Crippen LogP contribution in [0.15, 0.2) is 59.3 Å². The second-order valence-corrected chi connectivity index (χ2v) is 5.68. The van der Waals surface area contributed by atoms with Crippen LogP contribution in [-0.2, 0) is 0 Å². The number of alkyl halides is 1. The zero-order valence-electron chi connectivity index (χ0n) is 9.99. The minimum Gasteiger partial charge on any atom is -0.358 e. The minimum atomic E-state index is 0.143. The molecule has 4 rings (SSSR count). The lowest BCUT2D eigenvalue weighted by atomic mass is 9.81. The molecule has 2 atom stereocenters. The normalized spacial score (nSPS) is 28.2. The van der Waals surface area contributed by atoms with Crippen molar-refractivity contribution in [3.8, 4) is 0 Å². The monoisotopic (exact) mass is 255 g/mol. The lowest BCUT2D eigenvalue weighted by Gasteiger charge is -2.26. The Kier molecular flexibility index (Phi) is 2.18. The standard InChI is InChI=1S/C16H14ClN/c17-14-6-3-4-10-8-13-11-5-1-2-7-15(11)18-16(13)9-12(10)14/h1-5,7,9,13-14,18H,6,8H2. The molecule has 2 heteroatoms. The van der Waals surface area contributed by atoms with Gasteiger partial charge in [0.05, 0.1) is 5.38 Å². The fraction of sp³-hybridized carbons (Fsp3) is 0.250. The van der Waals surface area contributed by atoms with Crippen molar-refractivity contribution < 1.29 is 0 Å². The van der Waals surface area contributed by atoms with E-state index in [0.29, 0.717) is 5.92 Å². The molecular formula is C16H14ClN. The van der Waals surface area contributed by atoms with Gasteiger partial charge in [-0.3, -0.25) is 0 Å². The predicted molar refractivity (Wildman–Crippen MR) is 75.9 cm³/mol. The third-order valence-electron chi connectivity index (χ3n) is 4.10. The maximum Gasteiger partial charge on any atom is 0.0623 e. The van der Waals surface area contributed by atoms with E-state index in [-0.39, 0.29) is 5.38 Å². The molecule has 18 heavy (non-hydrogen) atoms. The number of allylic oxidation sites excluding steroid dienone is 6. The Balaban J connectivity index is 1.80. The van der Waals surface area contributed by atoms with Crippen LogP contribution in [0, 0.1) is 0 Å². The predicted octanol–water partition coefficient (Wildman–Crippen LogP) is 4.35. The summed E-state index contributed by atoms with van der Waals surface area (Å²) in [6.07, 6.45) is 8.74. The van der Waals surface area contributed by atoms with Crippen LogP contribution in [0.5, 0.6) is 0 Å². The number of halogens is 1. The van der Waals surface area contributed by atoms with Gasteiger partial charge in [-0.2, -0.15) is 0 Å². The van der Waals surface area contributed by atoms with Crippen molar-refractivity contribution in [1.82, 2.24) is 0 Å². The van der Waals surface area contributed by atoms with Gasteiger partial charge in [0.25, 0.3) is 0 Å². The van der Waals surface area contributed by atoms with Gasteiger partial charge in [-0.25, -0.2) is 0 Å². The van der Waals surface area contributed by atoms with Crippen LogP contribution in [0.25, 0.3) is 0 Å². The van der Waals surface area contributed by atoms with Crippen molar-refractivity contribution in [1.29, 1.82) is 0 Å². The Labute approximate surface area is 112 Å². The SMILES string of the molecule is ClC1CC=CC2=C1C=C1Nc3ccccc3C1C2. The highest BCUT2D eigenvalue weighted by Gasteiger charge is 2.32. The third kappa shape index (κ3) is 1.40. The van der Waals surface area contributed by atoms with Crippen molar-refractivity contribution in [3.05, 3.63) is 64.9 Å². The molecule has 0 spiro atoms. The van der Waals surface area contributed by atoms with Crippen molar-refractivity contribution >= 4 is 17.3 Å². The molecule has 1 N–H and O–H groups in total. The number of hydrogen-bond acceptors (Lipinski definition) is 1. The van der Waals surface area contributed by atoms with Crippen molar-refractivity contribution in [2.75, 3.05) is 5.32 Å². The summed E-state index contributed by atoms with van der Waals surface area (Å²) < 4.78 is 0. The summed E-state index contributed by atoms with van der Waals surface area (Å²) in [5.41, 5.74) is 6.71. The fourth-order valence-electron chi connectivity index (χ4n) is 3.19. The molecule has 1 aromatic carbocycles. The summed E-state index contributed by atoms with van der Waals surface area (Å²) in [7, 11) is 0. The summed E-state index contributed by atoms with van der Waals surface area (Å²) in [5, 5.41) is 3.68. The Morgan fingerprint density at radius 2 is 2.11 bits per heavy atom. The van der Waals surface area contributed by atoms with E-state index in [0.717, 1.165) is 12.8 Å². The van der Waals surface area contributed by atoms with Gasteiger partial charge < -0.3 is 5.32 Å². The van der Waals surface area contributed by atoms with Crippen LogP contribution < -0.4 is 5.32 Å². The van der Waals surface area contributed by atoms with Gasteiger partial charge in [-0.15, -0.1) is 11.6 Å². The summed E-state index contributed by atoms with van der Waals surface area (Å²) in [6, 6.07) is 8.58. The molecule has 90 valence electrons. The molecular weight excluding hydrogens is 242 g/mol. The fourth-order valence-corrected chi connectivity index (χ4v) is 3.50. The van der Waals surface area contributed by atoms with E-state index >= 15 is 0 Å². The number of para-hydroxylation sites is 1. The second-order valence-electron chi connectivity index (χ2n) is 5.15. The highest BCUT2D eigenvalue weighted by Crippen LogP contribution is 2.47. The summed E-state index contributed by atoms with van der Waals surface area (Å²) in [6.45, 7) is 0. The Hall–Kier alpha value is -1.47. The lowest BCUT2D eigenvalue weighted by Crippen LogP contribution is -2.15. The molecule has 0 saturated carbocycles. The first-order valence-corrected chi connectivity index (χ1v) is 6.88. The van der Waals surface area contributed by atoms with Crippen LogP contribution in [0.2, 0.25) is 0 Å². The average Bonchev–Trinajstić information content (AvgIpc) is 2.75. The number of fused-ring (bicyclic) bond motifs is 3. The maximum atomic E-state index is 6.41.